The molecule has 0 radical (unpaired) electrons. The van der Waals surface area contributed by atoms with Gasteiger partial charge in [0, 0.05) is 17.9 Å². The van der Waals surface area contributed by atoms with Crippen molar-refractivity contribution in [1.82, 2.24) is 4.98 Å². The number of pyridine rings is 1. The van der Waals surface area contributed by atoms with Crippen molar-refractivity contribution in [3.8, 4) is 0 Å². The molecule has 0 saturated heterocycles. The van der Waals surface area contributed by atoms with Crippen molar-refractivity contribution in [2.45, 2.75) is 37.6 Å². The Morgan fingerprint density at radius 3 is 2.21 bits per heavy atom. The first-order valence-electron chi connectivity index (χ1n) is 5.01. The lowest BCUT2D eigenvalue weighted by Gasteiger charge is -2.33. The molecule has 0 unspecified atom stereocenters. The first-order valence-corrected chi connectivity index (χ1v) is 5.01. The number of halogens is 1. The molecule has 1 aromatic heterocycles. The summed E-state index contributed by atoms with van der Waals surface area (Å²) in [7, 11) is 0. The van der Waals surface area contributed by atoms with Gasteiger partial charge in [0.2, 0.25) is 0 Å². The van der Waals surface area contributed by atoms with Crippen molar-refractivity contribution in [2.75, 3.05) is 0 Å². The molecule has 1 fully saturated rings. The van der Waals surface area contributed by atoms with E-state index in [-0.39, 0.29) is 17.9 Å². The molecule has 1 aliphatic rings. The Hall–Kier alpha value is -0.600. The van der Waals surface area contributed by atoms with Gasteiger partial charge < -0.3 is 5.73 Å². The van der Waals surface area contributed by atoms with Gasteiger partial charge in [0.1, 0.15) is 0 Å². The van der Waals surface area contributed by atoms with E-state index >= 15 is 0 Å². The predicted molar refractivity (Wildman–Crippen MR) is 60.4 cm³/mol. The molecule has 0 aromatic carbocycles. The van der Waals surface area contributed by atoms with Gasteiger partial charge >= 0.3 is 0 Å². The average Bonchev–Trinajstić information content (AvgIpc) is 2.20. The van der Waals surface area contributed by atoms with Gasteiger partial charge in [-0.2, -0.15) is 0 Å². The summed E-state index contributed by atoms with van der Waals surface area (Å²) in [5.41, 5.74) is 7.54. The van der Waals surface area contributed by atoms with Gasteiger partial charge in [-0.25, -0.2) is 0 Å². The van der Waals surface area contributed by atoms with E-state index in [1.54, 1.807) is 0 Å². The summed E-state index contributed by atoms with van der Waals surface area (Å²) < 4.78 is 0. The average molecular weight is 213 g/mol. The second kappa shape index (κ2) is 4.76. The molecular formula is C11H17ClN2. The monoisotopic (exact) mass is 212 g/mol. The number of rotatable bonds is 1. The van der Waals surface area contributed by atoms with E-state index in [0.717, 1.165) is 12.8 Å². The maximum atomic E-state index is 6.35. The van der Waals surface area contributed by atoms with E-state index < -0.39 is 0 Å². The Labute approximate surface area is 91.3 Å². The lowest BCUT2D eigenvalue weighted by molar-refractivity contribution is 0.302. The molecule has 1 aliphatic carbocycles. The van der Waals surface area contributed by atoms with Crippen molar-refractivity contribution in [3.05, 3.63) is 30.1 Å². The fraction of sp³-hybridized carbons (Fsp3) is 0.545. The zero-order valence-electron chi connectivity index (χ0n) is 8.28. The Morgan fingerprint density at radius 1 is 1.07 bits per heavy atom. The number of aromatic nitrogens is 1. The van der Waals surface area contributed by atoms with Crippen LogP contribution < -0.4 is 5.73 Å². The summed E-state index contributed by atoms with van der Waals surface area (Å²) in [6.07, 6.45) is 9.77. The molecule has 0 aliphatic heterocycles. The number of hydrogen-bond acceptors (Lipinski definition) is 2. The highest BCUT2D eigenvalue weighted by Gasteiger charge is 2.28. The molecule has 0 amide bonds. The van der Waals surface area contributed by atoms with Gasteiger partial charge in [0.05, 0.1) is 0 Å². The maximum Gasteiger partial charge on any atom is 0.0410 e. The topological polar surface area (TPSA) is 38.9 Å². The molecule has 1 aromatic rings. The number of nitrogens with zero attached hydrogens (tertiary/aromatic N) is 1. The Bertz CT molecular complexity index is 268. The van der Waals surface area contributed by atoms with Gasteiger partial charge in [-0.3, -0.25) is 4.98 Å². The van der Waals surface area contributed by atoms with Crippen LogP contribution in [0.2, 0.25) is 0 Å². The molecule has 0 spiro atoms. The molecule has 2 nitrogen and oxygen atoms in total. The van der Waals surface area contributed by atoms with Crippen LogP contribution in [0.15, 0.2) is 24.5 Å². The lowest BCUT2D eigenvalue weighted by Crippen LogP contribution is -2.38. The standard InChI is InChI=1S/C11H16N2.ClH/c12-11(6-2-1-3-7-11)10-4-8-13-9-5-10;/h4-5,8-9H,1-3,6-7,12H2;1H. The van der Waals surface area contributed by atoms with Crippen LogP contribution in [-0.2, 0) is 5.54 Å². The molecule has 78 valence electrons. The highest BCUT2D eigenvalue weighted by Crippen LogP contribution is 2.34. The van der Waals surface area contributed by atoms with E-state index in [1.807, 2.05) is 24.5 Å². The van der Waals surface area contributed by atoms with Crippen LogP contribution in [-0.4, -0.2) is 4.98 Å². The van der Waals surface area contributed by atoms with Crippen LogP contribution >= 0.6 is 12.4 Å². The number of nitrogens with two attached hydrogens (primary N) is 1. The smallest absolute Gasteiger partial charge is 0.0410 e. The molecule has 2 N–H and O–H groups in total. The zero-order chi connectivity index (χ0) is 9.15. The minimum absolute atomic E-state index is 0. The van der Waals surface area contributed by atoms with Crippen LogP contribution in [0.1, 0.15) is 37.7 Å². The molecule has 2 rings (SSSR count). The molecule has 0 bridgehead atoms. The van der Waals surface area contributed by atoms with Gasteiger partial charge in [-0.1, -0.05) is 19.3 Å². The van der Waals surface area contributed by atoms with Gasteiger partial charge in [0.25, 0.3) is 0 Å². The minimum atomic E-state index is -0.0683. The quantitative estimate of drug-likeness (QED) is 0.778. The summed E-state index contributed by atoms with van der Waals surface area (Å²) in [6, 6.07) is 4.09. The number of hydrogen-bond donors (Lipinski definition) is 1. The maximum absolute atomic E-state index is 6.35. The van der Waals surface area contributed by atoms with Crippen LogP contribution in [0, 0.1) is 0 Å². The third kappa shape index (κ3) is 2.25. The highest BCUT2D eigenvalue weighted by molar-refractivity contribution is 5.85. The summed E-state index contributed by atoms with van der Waals surface area (Å²) in [4.78, 5) is 4.02. The van der Waals surface area contributed by atoms with Crippen molar-refractivity contribution >= 4 is 12.4 Å². The van der Waals surface area contributed by atoms with Crippen LogP contribution in [0.3, 0.4) is 0 Å². The molecule has 0 atom stereocenters. The van der Waals surface area contributed by atoms with Crippen LogP contribution in [0.4, 0.5) is 0 Å². The first kappa shape index (κ1) is 11.5. The third-order valence-electron chi connectivity index (χ3n) is 3.00. The summed E-state index contributed by atoms with van der Waals surface area (Å²) in [5, 5.41) is 0. The first-order chi connectivity index (χ1) is 6.31. The fourth-order valence-electron chi connectivity index (χ4n) is 2.16. The molecule has 1 saturated carbocycles. The van der Waals surface area contributed by atoms with Crippen molar-refractivity contribution in [1.29, 1.82) is 0 Å². The van der Waals surface area contributed by atoms with Gasteiger partial charge in [0.15, 0.2) is 0 Å². The molecule has 14 heavy (non-hydrogen) atoms. The van der Waals surface area contributed by atoms with E-state index in [2.05, 4.69) is 4.98 Å². The third-order valence-corrected chi connectivity index (χ3v) is 3.00. The van der Waals surface area contributed by atoms with E-state index in [0.29, 0.717) is 0 Å². The van der Waals surface area contributed by atoms with Crippen LogP contribution in [0.5, 0.6) is 0 Å². The van der Waals surface area contributed by atoms with Crippen molar-refractivity contribution in [3.63, 3.8) is 0 Å². The fourth-order valence-corrected chi connectivity index (χ4v) is 2.16. The Kier molecular flexibility index (Phi) is 3.90. The van der Waals surface area contributed by atoms with Crippen molar-refractivity contribution in [2.24, 2.45) is 5.73 Å². The Morgan fingerprint density at radius 2 is 1.64 bits per heavy atom. The Balaban J connectivity index is 0.000000980. The van der Waals surface area contributed by atoms with E-state index in [1.165, 1.54) is 24.8 Å². The normalized spacial score (nSPS) is 19.8. The zero-order valence-corrected chi connectivity index (χ0v) is 9.09. The molecular weight excluding hydrogens is 196 g/mol. The largest absolute Gasteiger partial charge is 0.321 e. The van der Waals surface area contributed by atoms with Crippen molar-refractivity contribution < 1.29 is 0 Å². The van der Waals surface area contributed by atoms with Gasteiger partial charge in [-0.05, 0) is 30.5 Å². The second-order valence-corrected chi connectivity index (χ2v) is 3.95. The SMILES string of the molecule is Cl.NC1(c2ccncc2)CCCCC1. The predicted octanol–water partition coefficient (Wildman–Crippen LogP) is 2.62. The summed E-state index contributed by atoms with van der Waals surface area (Å²) in [6.45, 7) is 0. The summed E-state index contributed by atoms with van der Waals surface area (Å²) in [5.74, 6) is 0. The van der Waals surface area contributed by atoms with E-state index in [9.17, 15) is 0 Å². The van der Waals surface area contributed by atoms with Gasteiger partial charge in [-0.15, -0.1) is 12.4 Å². The molecule has 3 heteroatoms. The highest BCUT2D eigenvalue weighted by atomic mass is 35.5. The molecule has 1 heterocycles. The van der Waals surface area contributed by atoms with E-state index in [4.69, 9.17) is 5.73 Å². The summed E-state index contributed by atoms with van der Waals surface area (Å²) >= 11 is 0. The minimum Gasteiger partial charge on any atom is -0.321 e. The van der Waals surface area contributed by atoms with Crippen LogP contribution in [0.25, 0.3) is 0 Å². The lowest BCUT2D eigenvalue weighted by atomic mass is 9.78. The second-order valence-electron chi connectivity index (χ2n) is 3.95.